The number of rotatable bonds is 3. The predicted octanol–water partition coefficient (Wildman–Crippen LogP) is 0.607. The number of alkyl halides is 1. The van der Waals surface area contributed by atoms with E-state index in [2.05, 4.69) is 10.2 Å². The van der Waals surface area contributed by atoms with E-state index >= 15 is 0 Å². The summed E-state index contributed by atoms with van der Waals surface area (Å²) in [5, 5.41) is 5.37. The van der Waals surface area contributed by atoms with E-state index in [4.69, 9.17) is 11.6 Å². The molecule has 1 amide bonds. The molecule has 0 spiro atoms. The molecule has 1 aliphatic heterocycles. The van der Waals surface area contributed by atoms with E-state index in [1.807, 2.05) is 0 Å². The largest absolute Gasteiger partial charge is 0.338 e. The van der Waals surface area contributed by atoms with Crippen molar-refractivity contribution in [3.63, 3.8) is 0 Å². The molecule has 0 aromatic carbocycles. The molecule has 0 aliphatic carbocycles. The SMILES string of the molecule is O=C(CCCCl)N1CCc2[nH][nH]c(=O)c2C1. The molecule has 0 radical (unpaired) electrons. The van der Waals surface area contributed by atoms with Crippen LogP contribution in [0.1, 0.15) is 24.1 Å². The molecule has 2 heterocycles. The van der Waals surface area contributed by atoms with Crippen LogP contribution in [0.5, 0.6) is 0 Å². The van der Waals surface area contributed by atoms with Gasteiger partial charge in [0.2, 0.25) is 5.91 Å². The smallest absolute Gasteiger partial charge is 0.269 e. The molecule has 5 nitrogen and oxygen atoms in total. The van der Waals surface area contributed by atoms with E-state index in [0.29, 0.717) is 43.8 Å². The van der Waals surface area contributed by atoms with Gasteiger partial charge < -0.3 is 10.00 Å². The standard InChI is InChI=1S/C10H14ClN3O2/c11-4-1-2-9(15)14-5-3-8-7(6-14)10(16)13-12-8/h1-6H2,(H2,12,13,16). The van der Waals surface area contributed by atoms with Gasteiger partial charge in [0.05, 0.1) is 12.1 Å². The average molecular weight is 244 g/mol. The summed E-state index contributed by atoms with van der Waals surface area (Å²) in [6, 6.07) is 0. The summed E-state index contributed by atoms with van der Waals surface area (Å²) in [5.74, 6) is 0.571. The lowest BCUT2D eigenvalue weighted by atomic mass is 10.1. The van der Waals surface area contributed by atoms with Crippen molar-refractivity contribution in [2.45, 2.75) is 25.8 Å². The number of hydrogen-bond acceptors (Lipinski definition) is 2. The van der Waals surface area contributed by atoms with Gasteiger partial charge in [-0.2, -0.15) is 0 Å². The molecule has 0 bridgehead atoms. The molecule has 0 saturated heterocycles. The van der Waals surface area contributed by atoms with Crippen LogP contribution in [0.4, 0.5) is 0 Å². The summed E-state index contributed by atoms with van der Waals surface area (Å²) in [5.41, 5.74) is 1.49. The number of fused-ring (bicyclic) bond motifs is 1. The second kappa shape index (κ2) is 4.74. The normalized spacial score (nSPS) is 14.9. The Balaban J connectivity index is 2.04. The molecule has 0 fully saturated rings. The third-order valence-corrected chi connectivity index (χ3v) is 3.09. The Kier molecular flexibility index (Phi) is 3.33. The lowest BCUT2D eigenvalue weighted by Crippen LogP contribution is -2.37. The van der Waals surface area contributed by atoms with Gasteiger partial charge in [-0.15, -0.1) is 11.6 Å². The van der Waals surface area contributed by atoms with Crippen molar-refractivity contribution in [1.29, 1.82) is 0 Å². The minimum atomic E-state index is -0.121. The highest BCUT2D eigenvalue weighted by atomic mass is 35.5. The minimum absolute atomic E-state index is 0.0758. The number of hydrogen-bond donors (Lipinski definition) is 2. The number of nitrogens with zero attached hydrogens (tertiary/aromatic N) is 1. The Hall–Kier alpha value is -1.23. The molecule has 2 rings (SSSR count). The van der Waals surface area contributed by atoms with Crippen LogP contribution in [0.15, 0.2) is 4.79 Å². The fourth-order valence-corrected chi connectivity index (χ4v) is 2.04. The van der Waals surface area contributed by atoms with Crippen molar-refractivity contribution in [3.8, 4) is 0 Å². The molecular weight excluding hydrogens is 230 g/mol. The van der Waals surface area contributed by atoms with E-state index in [1.54, 1.807) is 4.90 Å². The molecule has 1 aromatic rings. The van der Waals surface area contributed by atoms with Crippen molar-refractivity contribution < 1.29 is 4.79 Å². The first-order chi connectivity index (χ1) is 7.72. The van der Waals surface area contributed by atoms with E-state index in [9.17, 15) is 9.59 Å². The maximum Gasteiger partial charge on any atom is 0.269 e. The van der Waals surface area contributed by atoms with Gasteiger partial charge in [0.25, 0.3) is 5.56 Å². The van der Waals surface area contributed by atoms with Crippen molar-refractivity contribution >= 4 is 17.5 Å². The van der Waals surface area contributed by atoms with Crippen LogP contribution in [-0.4, -0.2) is 33.4 Å². The van der Waals surface area contributed by atoms with Crippen LogP contribution in [0.2, 0.25) is 0 Å². The third kappa shape index (κ3) is 2.14. The lowest BCUT2D eigenvalue weighted by Gasteiger charge is -2.26. The maximum atomic E-state index is 11.7. The van der Waals surface area contributed by atoms with Crippen LogP contribution in [0, 0.1) is 0 Å². The number of aromatic nitrogens is 2. The highest BCUT2D eigenvalue weighted by Crippen LogP contribution is 2.14. The monoisotopic (exact) mass is 243 g/mol. The lowest BCUT2D eigenvalue weighted by molar-refractivity contribution is -0.132. The number of nitrogens with one attached hydrogen (secondary N) is 2. The van der Waals surface area contributed by atoms with Crippen molar-refractivity contribution in [3.05, 3.63) is 21.6 Å². The Morgan fingerprint density at radius 2 is 2.25 bits per heavy atom. The summed E-state index contributed by atoms with van der Waals surface area (Å²) in [7, 11) is 0. The Bertz CT molecular complexity index is 438. The first-order valence-electron chi connectivity index (χ1n) is 5.34. The first kappa shape index (κ1) is 11.3. The van der Waals surface area contributed by atoms with Crippen LogP contribution >= 0.6 is 11.6 Å². The molecule has 2 N–H and O–H groups in total. The predicted molar refractivity (Wildman–Crippen MR) is 60.5 cm³/mol. The quantitative estimate of drug-likeness (QED) is 0.764. The van der Waals surface area contributed by atoms with Crippen molar-refractivity contribution in [1.82, 2.24) is 15.1 Å². The van der Waals surface area contributed by atoms with Gasteiger partial charge in [-0.3, -0.25) is 14.7 Å². The summed E-state index contributed by atoms with van der Waals surface area (Å²) in [4.78, 5) is 24.9. The van der Waals surface area contributed by atoms with E-state index < -0.39 is 0 Å². The number of halogens is 1. The third-order valence-electron chi connectivity index (χ3n) is 2.82. The fraction of sp³-hybridized carbons (Fsp3) is 0.600. The van der Waals surface area contributed by atoms with Gasteiger partial charge in [-0.05, 0) is 6.42 Å². The Morgan fingerprint density at radius 1 is 1.44 bits per heavy atom. The van der Waals surface area contributed by atoms with Crippen LogP contribution in [0.25, 0.3) is 0 Å². The van der Waals surface area contributed by atoms with Crippen LogP contribution in [-0.2, 0) is 17.8 Å². The van der Waals surface area contributed by atoms with E-state index in [1.165, 1.54) is 0 Å². The zero-order chi connectivity index (χ0) is 11.5. The van der Waals surface area contributed by atoms with E-state index in [-0.39, 0.29) is 11.5 Å². The molecule has 0 atom stereocenters. The number of carbonyl (C=O) groups excluding carboxylic acids is 1. The zero-order valence-electron chi connectivity index (χ0n) is 8.88. The summed E-state index contributed by atoms with van der Waals surface area (Å²) in [6.07, 6.45) is 1.86. The molecule has 0 unspecified atom stereocenters. The molecule has 1 aliphatic rings. The zero-order valence-corrected chi connectivity index (χ0v) is 9.64. The number of carbonyl (C=O) groups is 1. The molecule has 88 valence electrons. The summed E-state index contributed by atoms with van der Waals surface area (Å²) in [6.45, 7) is 1.08. The van der Waals surface area contributed by atoms with E-state index in [0.717, 1.165) is 5.69 Å². The molecule has 16 heavy (non-hydrogen) atoms. The first-order valence-corrected chi connectivity index (χ1v) is 5.88. The molecule has 0 saturated carbocycles. The molecule has 1 aromatic heterocycles. The highest BCUT2D eigenvalue weighted by molar-refractivity contribution is 6.17. The molecular formula is C10H14ClN3O2. The average Bonchev–Trinajstić information content (AvgIpc) is 2.67. The summed E-state index contributed by atoms with van der Waals surface area (Å²) < 4.78 is 0. The summed E-state index contributed by atoms with van der Waals surface area (Å²) >= 11 is 5.54. The Labute approximate surface area is 97.8 Å². The fourth-order valence-electron chi connectivity index (χ4n) is 1.91. The number of aromatic amines is 2. The van der Waals surface area contributed by atoms with Crippen molar-refractivity contribution in [2.75, 3.05) is 12.4 Å². The maximum absolute atomic E-state index is 11.7. The molecule has 6 heteroatoms. The minimum Gasteiger partial charge on any atom is -0.338 e. The Morgan fingerprint density at radius 3 is 3.00 bits per heavy atom. The second-order valence-corrected chi connectivity index (χ2v) is 4.27. The second-order valence-electron chi connectivity index (χ2n) is 3.89. The van der Waals surface area contributed by atoms with Crippen LogP contribution in [0.3, 0.4) is 0 Å². The van der Waals surface area contributed by atoms with Gasteiger partial charge in [-0.25, -0.2) is 0 Å². The number of amides is 1. The van der Waals surface area contributed by atoms with Gasteiger partial charge in [0, 0.05) is 31.0 Å². The topological polar surface area (TPSA) is 69.0 Å². The van der Waals surface area contributed by atoms with Crippen LogP contribution < -0.4 is 5.56 Å². The highest BCUT2D eigenvalue weighted by Gasteiger charge is 2.23. The van der Waals surface area contributed by atoms with Gasteiger partial charge >= 0.3 is 0 Å². The van der Waals surface area contributed by atoms with Gasteiger partial charge in [0.1, 0.15) is 0 Å². The van der Waals surface area contributed by atoms with Gasteiger partial charge in [-0.1, -0.05) is 0 Å². The van der Waals surface area contributed by atoms with Gasteiger partial charge in [0.15, 0.2) is 0 Å². The van der Waals surface area contributed by atoms with Crippen molar-refractivity contribution in [2.24, 2.45) is 0 Å². The number of H-pyrrole nitrogens is 2.